The van der Waals surface area contributed by atoms with Gasteiger partial charge in [0.2, 0.25) is 5.91 Å². The molecule has 0 saturated carbocycles. The molecule has 2 amide bonds. The minimum atomic E-state index is -0.312. The van der Waals surface area contributed by atoms with Gasteiger partial charge in [-0.05, 0) is 42.8 Å². The number of carbonyl (C=O) groups excluding carboxylic acids is 2. The molecule has 3 aromatic rings. The quantitative estimate of drug-likeness (QED) is 0.769. The lowest BCUT2D eigenvalue weighted by Crippen LogP contribution is -2.12. The number of anilines is 2. The van der Waals surface area contributed by atoms with Gasteiger partial charge < -0.3 is 15.1 Å². The van der Waals surface area contributed by atoms with E-state index < -0.39 is 0 Å². The fourth-order valence-electron chi connectivity index (χ4n) is 2.36. The Labute approximate surface area is 133 Å². The highest BCUT2D eigenvalue weighted by Gasteiger charge is 2.12. The van der Waals surface area contributed by atoms with Crippen molar-refractivity contribution in [1.29, 1.82) is 0 Å². The molecule has 2 N–H and O–H groups in total. The third-order valence-electron chi connectivity index (χ3n) is 3.44. The molecule has 0 aliphatic heterocycles. The first-order valence-electron chi connectivity index (χ1n) is 7.21. The molecule has 23 heavy (non-hydrogen) atoms. The molecular formula is C18H16N2O3. The molecule has 0 bridgehead atoms. The van der Waals surface area contributed by atoms with Crippen LogP contribution in [0.25, 0.3) is 11.0 Å². The topological polar surface area (TPSA) is 71.3 Å². The Hall–Kier alpha value is -3.08. The maximum absolute atomic E-state index is 12.3. The molecule has 0 radical (unpaired) electrons. The summed E-state index contributed by atoms with van der Waals surface area (Å²) < 4.78 is 5.54. The van der Waals surface area contributed by atoms with Crippen molar-refractivity contribution in [2.45, 2.75) is 13.8 Å². The van der Waals surface area contributed by atoms with E-state index in [1.165, 1.54) is 6.92 Å². The summed E-state index contributed by atoms with van der Waals surface area (Å²) in [6.07, 6.45) is 0. The third-order valence-corrected chi connectivity index (χ3v) is 3.44. The van der Waals surface area contributed by atoms with Crippen LogP contribution in [-0.2, 0) is 4.79 Å². The van der Waals surface area contributed by atoms with Gasteiger partial charge in [-0.3, -0.25) is 9.59 Å². The maximum Gasteiger partial charge on any atom is 0.291 e. The van der Waals surface area contributed by atoms with Crippen LogP contribution < -0.4 is 10.6 Å². The number of benzene rings is 2. The van der Waals surface area contributed by atoms with E-state index >= 15 is 0 Å². The number of hydrogen-bond donors (Lipinski definition) is 2. The number of carbonyl (C=O) groups is 2. The van der Waals surface area contributed by atoms with E-state index in [0.717, 1.165) is 16.6 Å². The fraction of sp³-hybridized carbons (Fsp3) is 0.111. The van der Waals surface area contributed by atoms with Crippen LogP contribution in [0.4, 0.5) is 11.4 Å². The molecule has 2 aromatic carbocycles. The predicted octanol–water partition coefficient (Wildman–Crippen LogP) is 3.95. The summed E-state index contributed by atoms with van der Waals surface area (Å²) in [6, 6.07) is 14.5. The van der Waals surface area contributed by atoms with E-state index in [0.29, 0.717) is 11.3 Å². The number of para-hydroxylation sites is 1. The van der Waals surface area contributed by atoms with Crippen LogP contribution in [0, 0.1) is 6.92 Å². The molecule has 1 heterocycles. The molecule has 5 heteroatoms. The zero-order chi connectivity index (χ0) is 16.4. The molecule has 5 nitrogen and oxygen atoms in total. The van der Waals surface area contributed by atoms with Gasteiger partial charge in [0.15, 0.2) is 5.76 Å². The summed E-state index contributed by atoms with van der Waals surface area (Å²) in [5, 5.41) is 6.41. The van der Waals surface area contributed by atoms with E-state index in [4.69, 9.17) is 4.42 Å². The zero-order valence-electron chi connectivity index (χ0n) is 12.8. The summed E-state index contributed by atoms with van der Waals surface area (Å²) in [4.78, 5) is 23.4. The molecule has 0 atom stereocenters. The highest BCUT2D eigenvalue weighted by atomic mass is 16.3. The lowest BCUT2D eigenvalue weighted by molar-refractivity contribution is -0.114. The van der Waals surface area contributed by atoms with Gasteiger partial charge in [-0.1, -0.05) is 18.2 Å². The molecule has 0 aliphatic rings. The van der Waals surface area contributed by atoms with Gasteiger partial charge in [-0.25, -0.2) is 0 Å². The van der Waals surface area contributed by atoms with Crippen LogP contribution in [0.1, 0.15) is 23.0 Å². The molecular weight excluding hydrogens is 292 g/mol. The smallest absolute Gasteiger partial charge is 0.291 e. The first kappa shape index (κ1) is 14.8. The minimum absolute atomic E-state index is 0.132. The molecule has 0 unspecified atom stereocenters. The summed E-state index contributed by atoms with van der Waals surface area (Å²) in [5.41, 5.74) is 2.90. The summed E-state index contributed by atoms with van der Waals surface area (Å²) in [7, 11) is 0. The minimum Gasteiger partial charge on any atom is -0.451 e. The fourth-order valence-corrected chi connectivity index (χ4v) is 2.36. The van der Waals surface area contributed by atoms with Crippen molar-refractivity contribution >= 4 is 34.2 Å². The Kier molecular flexibility index (Phi) is 3.85. The molecule has 116 valence electrons. The Morgan fingerprint density at radius 2 is 1.78 bits per heavy atom. The van der Waals surface area contributed by atoms with E-state index in [1.54, 1.807) is 24.3 Å². The van der Waals surface area contributed by atoms with Crippen LogP contribution in [0.15, 0.2) is 52.9 Å². The summed E-state index contributed by atoms with van der Waals surface area (Å²) in [5.74, 6) is -0.185. The largest absolute Gasteiger partial charge is 0.451 e. The second-order valence-electron chi connectivity index (χ2n) is 5.31. The van der Waals surface area contributed by atoms with E-state index in [9.17, 15) is 9.59 Å². The summed E-state index contributed by atoms with van der Waals surface area (Å²) in [6.45, 7) is 3.32. The van der Waals surface area contributed by atoms with E-state index in [1.807, 2.05) is 31.2 Å². The second-order valence-corrected chi connectivity index (χ2v) is 5.31. The number of rotatable bonds is 3. The molecule has 0 spiro atoms. The van der Waals surface area contributed by atoms with Crippen LogP contribution in [0.3, 0.4) is 0 Å². The Balaban J connectivity index is 1.79. The number of aryl methyl sites for hydroxylation is 1. The zero-order valence-corrected chi connectivity index (χ0v) is 12.8. The van der Waals surface area contributed by atoms with Gasteiger partial charge in [-0.15, -0.1) is 0 Å². The van der Waals surface area contributed by atoms with E-state index in [-0.39, 0.29) is 17.6 Å². The average Bonchev–Trinajstić information content (AvgIpc) is 2.94. The Morgan fingerprint density at radius 1 is 1.00 bits per heavy atom. The summed E-state index contributed by atoms with van der Waals surface area (Å²) >= 11 is 0. The van der Waals surface area contributed by atoms with Crippen molar-refractivity contribution in [3.8, 4) is 0 Å². The van der Waals surface area contributed by atoms with E-state index in [2.05, 4.69) is 10.6 Å². The van der Waals surface area contributed by atoms with Gasteiger partial charge in [0.1, 0.15) is 5.58 Å². The van der Waals surface area contributed by atoms with Crippen molar-refractivity contribution in [2.24, 2.45) is 0 Å². The Morgan fingerprint density at radius 3 is 2.48 bits per heavy atom. The molecule has 3 rings (SSSR count). The number of amides is 2. The Bertz CT molecular complexity index is 863. The molecule has 0 saturated heterocycles. The van der Waals surface area contributed by atoms with Gasteiger partial charge >= 0.3 is 0 Å². The lowest BCUT2D eigenvalue weighted by Gasteiger charge is -2.09. The number of nitrogens with one attached hydrogen (secondary N) is 2. The van der Waals surface area contributed by atoms with Crippen LogP contribution >= 0.6 is 0 Å². The van der Waals surface area contributed by atoms with Crippen molar-refractivity contribution in [3.05, 3.63) is 59.9 Å². The number of hydrogen-bond acceptors (Lipinski definition) is 3. The number of furan rings is 1. The second kappa shape index (κ2) is 5.96. The van der Waals surface area contributed by atoms with Crippen molar-refractivity contribution in [2.75, 3.05) is 10.6 Å². The van der Waals surface area contributed by atoms with Gasteiger partial charge in [0.25, 0.3) is 5.91 Å². The van der Waals surface area contributed by atoms with Crippen LogP contribution in [0.2, 0.25) is 0 Å². The van der Waals surface area contributed by atoms with Gasteiger partial charge in [-0.2, -0.15) is 0 Å². The monoisotopic (exact) mass is 308 g/mol. The first-order chi connectivity index (χ1) is 11.0. The van der Waals surface area contributed by atoms with Gasteiger partial charge in [0, 0.05) is 23.7 Å². The molecule has 0 aliphatic carbocycles. The van der Waals surface area contributed by atoms with Gasteiger partial charge in [0.05, 0.1) is 0 Å². The first-order valence-corrected chi connectivity index (χ1v) is 7.21. The maximum atomic E-state index is 12.3. The highest BCUT2D eigenvalue weighted by Crippen LogP contribution is 2.22. The normalized spacial score (nSPS) is 10.5. The van der Waals surface area contributed by atoms with Crippen molar-refractivity contribution < 1.29 is 14.0 Å². The van der Waals surface area contributed by atoms with Crippen molar-refractivity contribution in [1.82, 2.24) is 0 Å². The SMILES string of the molecule is CC(=O)Nc1ccc(NC(=O)c2cc3ccccc3o2)cc1C. The predicted molar refractivity (Wildman–Crippen MR) is 89.6 cm³/mol. The van der Waals surface area contributed by atoms with Crippen LogP contribution in [-0.4, -0.2) is 11.8 Å². The molecule has 1 aromatic heterocycles. The number of fused-ring (bicyclic) bond motifs is 1. The average molecular weight is 308 g/mol. The highest BCUT2D eigenvalue weighted by molar-refractivity contribution is 6.04. The van der Waals surface area contributed by atoms with Crippen molar-refractivity contribution in [3.63, 3.8) is 0 Å². The third kappa shape index (κ3) is 3.23. The standard InChI is InChI=1S/C18H16N2O3/c1-11-9-14(7-8-15(11)19-12(2)21)20-18(22)17-10-13-5-3-4-6-16(13)23-17/h3-10H,1-2H3,(H,19,21)(H,20,22). The van der Waals surface area contributed by atoms with Crippen LogP contribution in [0.5, 0.6) is 0 Å². The molecule has 0 fully saturated rings. The lowest BCUT2D eigenvalue weighted by atomic mass is 10.1.